The summed E-state index contributed by atoms with van der Waals surface area (Å²) in [5.41, 5.74) is 5.28. The molecule has 0 heterocycles. The maximum atomic E-state index is 14.1. The van der Waals surface area contributed by atoms with Crippen LogP contribution in [0.1, 0.15) is 60.5 Å². The van der Waals surface area contributed by atoms with E-state index in [0.717, 1.165) is 30.6 Å². The van der Waals surface area contributed by atoms with E-state index in [0.29, 0.717) is 18.0 Å². The van der Waals surface area contributed by atoms with Gasteiger partial charge in [-0.25, -0.2) is 0 Å². The highest BCUT2D eigenvalue weighted by Gasteiger charge is 2.69. The summed E-state index contributed by atoms with van der Waals surface area (Å²) >= 11 is 0. The van der Waals surface area contributed by atoms with Crippen molar-refractivity contribution in [1.82, 2.24) is 9.80 Å². The van der Waals surface area contributed by atoms with E-state index in [9.17, 15) is 34.2 Å². The number of amides is 1. The molecule has 0 radical (unpaired) electrons. The van der Waals surface area contributed by atoms with E-state index in [1.807, 2.05) is 19.0 Å². The molecule has 6 rings (SSSR count). The summed E-state index contributed by atoms with van der Waals surface area (Å²) in [6.45, 7) is 3.63. The van der Waals surface area contributed by atoms with Crippen molar-refractivity contribution in [2.75, 3.05) is 39.6 Å². The number of primary amides is 1. The number of hydrogen-bond donors (Lipinski definition) is 3. The number of fused-ring (bicyclic) bond motifs is 3. The monoisotopic (exact) mass is 594 g/mol. The number of anilines is 1. The Morgan fingerprint density at radius 2 is 1.72 bits per heavy atom. The van der Waals surface area contributed by atoms with Crippen LogP contribution in [0.3, 0.4) is 0 Å². The Bertz CT molecular complexity index is 1450. The molecule has 11 heteroatoms. The second-order valence-corrected chi connectivity index (χ2v) is 13.8. The summed E-state index contributed by atoms with van der Waals surface area (Å²) in [5.74, 6) is -9.57. The number of rotatable bonds is 8. The Morgan fingerprint density at radius 3 is 2.23 bits per heavy atom. The zero-order valence-corrected chi connectivity index (χ0v) is 25.6. The van der Waals surface area contributed by atoms with Gasteiger partial charge in [0.1, 0.15) is 5.75 Å². The van der Waals surface area contributed by atoms with Crippen LogP contribution < -0.4 is 10.6 Å². The average Bonchev–Trinajstić information content (AvgIpc) is 3.82. The maximum absolute atomic E-state index is 14.1. The zero-order chi connectivity index (χ0) is 31.3. The number of phenols is 1. The van der Waals surface area contributed by atoms with Gasteiger partial charge >= 0.3 is 0 Å². The van der Waals surface area contributed by atoms with Crippen LogP contribution in [0.25, 0.3) is 0 Å². The van der Waals surface area contributed by atoms with Gasteiger partial charge in [-0.15, -0.1) is 0 Å². The van der Waals surface area contributed by atoms with Crippen molar-refractivity contribution in [3.05, 3.63) is 22.8 Å². The minimum atomic E-state index is -2.72. The minimum Gasteiger partial charge on any atom is -0.507 e. The number of nitrogens with zero attached hydrogens (tertiary/aromatic N) is 3. The van der Waals surface area contributed by atoms with E-state index in [-0.39, 0.29) is 29.7 Å². The van der Waals surface area contributed by atoms with Gasteiger partial charge in [-0.05, 0) is 88.2 Å². The minimum absolute atomic E-state index is 0.0328. The van der Waals surface area contributed by atoms with Crippen LogP contribution in [0.15, 0.2) is 6.07 Å². The van der Waals surface area contributed by atoms with Crippen molar-refractivity contribution in [2.24, 2.45) is 35.3 Å². The van der Waals surface area contributed by atoms with Crippen LogP contribution >= 0.6 is 0 Å². The van der Waals surface area contributed by atoms with Crippen LogP contribution in [-0.2, 0) is 32.1 Å². The molecule has 0 saturated heterocycles. The molecule has 43 heavy (non-hydrogen) atoms. The Labute approximate surface area is 251 Å². The van der Waals surface area contributed by atoms with Crippen LogP contribution in [0.5, 0.6) is 5.75 Å². The van der Waals surface area contributed by atoms with Gasteiger partial charge in [-0.1, -0.05) is 6.92 Å². The molecular weight excluding hydrogens is 552 g/mol. The lowest BCUT2D eigenvalue weighted by Crippen LogP contribution is -2.74. The third-order valence-corrected chi connectivity index (χ3v) is 11.0. The number of benzene rings is 1. The van der Waals surface area contributed by atoms with Gasteiger partial charge in [-0.2, -0.15) is 0 Å². The second-order valence-electron chi connectivity index (χ2n) is 13.8. The molecule has 4 N–H and O–H groups in total. The lowest BCUT2D eigenvalue weighted by molar-refractivity contribution is -0.181. The summed E-state index contributed by atoms with van der Waals surface area (Å²) in [5, 5.41) is 23.1. The first-order valence-corrected chi connectivity index (χ1v) is 15.3. The number of carbonyl (C=O) groups is 5. The SMILES string of the molecule is CCN(Cc1cc(O)c2c(c1N(C)C)C[C@H]1C[C@H]3[C@H](N(C)C)C(=O)C(C(N)=O)C(=O)[C@@]3(O)C(=O)C1C2=O)C1(C2CC2)CC1. The molecule has 0 bridgehead atoms. The number of hydrogen-bond acceptors (Lipinski definition) is 10. The normalized spacial score (nSPS) is 32.9. The van der Waals surface area contributed by atoms with E-state index >= 15 is 0 Å². The molecule has 2 unspecified atom stereocenters. The summed E-state index contributed by atoms with van der Waals surface area (Å²) in [7, 11) is 6.95. The topological polar surface area (TPSA) is 162 Å². The van der Waals surface area contributed by atoms with Gasteiger partial charge in [0.05, 0.1) is 17.5 Å². The smallest absolute Gasteiger partial charge is 0.235 e. The van der Waals surface area contributed by atoms with Crippen molar-refractivity contribution in [2.45, 2.75) is 69.2 Å². The first-order chi connectivity index (χ1) is 20.2. The Morgan fingerprint density at radius 1 is 1.07 bits per heavy atom. The number of aromatic hydroxyl groups is 1. The highest BCUT2D eigenvalue weighted by atomic mass is 16.3. The fourth-order valence-corrected chi connectivity index (χ4v) is 8.93. The molecule has 4 saturated carbocycles. The van der Waals surface area contributed by atoms with Crippen molar-refractivity contribution in [3.63, 3.8) is 0 Å². The quantitative estimate of drug-likeness (QED) is 0.365. The number of Topliss-reactive ketones (excluding diaryl/α,β-unsaturated/α-hetero) is 4. The number of carbonyl (C=O) groups excluding carboxylic acids is 5. The fraction of sp³-hybridized carbons (Fsp3) is 0.656. The predicted molar refractivity (Wildman–Crippen MR) is 156 cm³/mol. The molecule has 0 spiro atoms. The Kier molecular flexibility index (Phi) is 6.91. The standard InChI is InChI=1S/C32H42N4O7/c1-6-36(31(9-10-31)17-7-8-17)14-16-13-20(37)22-18(24(16)34(2)3)11-15-12-19-25(35(4)5)27(39)23(30(33)42)29(41)32(19,43)28(40)21(15)26(22)38/h13,15,17,19,21,23,25,37,43H,6-12,14H2,1-5H3,(H2,33,42)/t15-,19-,21?,23?,25-,32-/m0/s1. The van der Waals surface area contributed by atoms with E-state index in [2.05, 4.69) is 11.8 Å². The predicted octanol–water partition coefficient (Wildman–Crippen LogP) is 0.698. The molecule has 4 fully saturated rings. The average molecular weight is 595 g/mol. The molecule has 11 nitrogen and oxygen atoms in total. The first-order valence-electron chi connectivity index (χ1n) is 15.3. The van der Waals surface area contributed by atoms with Crippen molar-refractivity contribution in [3.8, 4) is 5.75 Å². The lowest BCUT2D eigenvalue weighted by atomic mass is 9.52. The number of phenolic OH excluding ortho intramolecular Hbond substituents is 1. The molecule has 1 amide bonds. The van der Waals surface area contributed by atoms with Gasteiger partial charge in [-0.3, -0.25) is 33.8 Å². The van der Waals surface area contributed by atoms with Gasteiger partial charge in [0.15, 0.2) is 34.7 Å². The van der Waals surface area contributed by atoms with Crippen LogP contribution in [0.4, 0.5) is 5.69 Å². The van der Waals surface area contributed by atoms with Crippen LogP contribution in [0, 0.1) is 29.6 Å². The molecule has 0 aromatic heterocycles. The van der Waals surface area contributed by atoms with Crippen LogP contribution in [-0.4, -0.2) is 101 Å². The van der Waals surface area contributed by atoms with E-state index < -0.39 is 64.4 Å². The summed E-state index contributed by atoms with van der Waals surface area (Å²) in [6, 6.07) is 0.503. The van der Waals surface area contributed by atoms with Crippen molar-refractivity contribution in [1.29, 1.82) is 0 Å². The molecule has 0 aliphatic heterocycles. The second kappa shape index (κ2) is 9.93. The van der Waals surface area contributed by atoms with E-state index in [1.165, 1.54) is 17.7 Å². The summed E-state index contributed by atoms with van der Waals surface area (Å²) in [4.78, 5) is 73.2. The molecule has 5 aliphatic carbocycles. The third kappa shape index (κ3) is 4.14. The van der Waals surface area contributed by atoms with Crippen LogP contribution in [0.2, 0.25) is 0 Å². The van der Waals surface area contributed by atoms with Gasteiger partial charge in [0.25, 0.3) is 0 Å². The summed E-state index contributed by atoms with van der Waals surface area (Å²) in [6.07, 6.45) is 5.09. The van der Waals surface area contributed by atoms with Gasteiger partial charge in [0.2, 0.25) is 5.91 Å². The molecule has 6 atom stereocenters. The highest BCUT2D eigenvalue weighted by molar-refractivity contribution is 6.32. The number of likely N-dealkylation sites (N-methyl/N-ethyl adjacent to an activating group) is 1. The van der Waals surface area contributed by atoms with E-state index in [4.69, 9.17) is 5.73 Å². The molecular formula is C32H42N4O7. The molecule has 1 aromatic carbocycles. The highest BCUT2D eigenvalue weighted by Crippen LogP contribution is 2.58. The maximum Gasteiger partial charge on any atom is 0.235 e. The summed E-state index contributed by atoms with van der Waals surface area (Å²) < 4.78 is 0. The molecule has 5 aliphatic rings. The van der Waals surface area contributed by atoms with Crippen molar-refractivity contribution < 1.29 is 34.2 Å². The first kappa shape index (κ1) is 29.9. The number of aliphatic hydroxyl groups is 1. The third-order valence-electron chi connectivity index (χ3n) is 11.0. The molecule has 232 valence electrons. The van der Waals surface area contributed by atoms with Gasteiger partial charge < -0.3 is 20.8 Å². The lowest BCUT2D eigenvalue weighted by Gasteiger charge is -2.52. The fourth-order valence-electron chi connectivity index (χ4n) is 8.93. The largest absolute Gasteiger partial charge is 0.507 e. The zero-order valence-electron chi connectivity index (χ0n) is 25.6. The van der Waals surface area contributed by atoms with Crippen molar-refractivity contribution >= 4 is 34.7 Å². The Balaban J connectivity index is 1.43. The Hall–Kier alpha value is -3.15. The molecule has 1 aromatic rings. The number of ketones is 4. The van der Waals surface area contributed by atoms with Gasteiger partial charge in [0, 0.05) is 37.8 Å². The van der Waals surface area contributed by atoms with E-state index in [1.54, 1.807) is 20.2 Å². The number of nitrogens with two attached hydrogens (primary N) is 1.